The molecule has 4 nitrogen and oxygen atoms in total. The van der Waals surface area contributed by atoms with Gasteiger partial charge in [-0.15, -0.1) is 0 Å². The average Bonchev–Trinajstić information content (AvgIpc) is 2.77. The maximum Gasteiger partial charge on any atom is 0.435 e. The lowest BCUT2D eigenvalue weighted by atomic mass is 9.91. The smallest absolute Gasteiger partial charge is 0.329 e. The van der Waals surface area contributed by atoms with E-state index in [1.807, 2.05) is 0 Å². The van der Waals surface area contributed by atoms with Crippen molar-refractivity contribution < 1.29 is 13.2 Å². The fourth-order valence-electron chi connectivity index (χ4n) is 2.72. The van der Waals surface area contributed by atoms with Gasteiger partial charge in [0.25, 0.3) is 0 Å². The summed E-state index contributed by atoms with van der Waals surface area (Å²) in [5.41, 5.74) is 5.39. The van der Waals surface area contributed by atoms with E-state index in [9.17, 15) is 13.2 Å². The number of H-pyrrole nitrogens is 1. The van der Waals surface area contributed by atoms with Gasteiger partial charge in [0.2, 0.25) is 0 Å². The van der Waals surface area contributed by atoms with Crippen LogP contribution in [-0.4, -0.2) is 34.2 Å². The first kappa shape index (κ1) is 14.3. The number of halogens is 3. The summed E-state index contributed by atoms with van der Waals surface area (Å²) in [5, 5.41) is 5.78. The monoisotopic (exact) mass is 276 g/mol. The molecule has 108 valence electrons. The molecule has 1 aliphatic rings. The van der Waals surface area contributed by atoms with E-state index >= 15 is 0 Å². The summed E-state index contributed by atoms with van der Waals surface area (Å²) in [7, 11) is 0. The van der Waals surface area contributed by atoms with E-state index < -0.39 is 11.9 Å². The van der Waals surface area contributed by atoms with Crippen LogP contribution in [0.5, 0.6) is 0 Å². The number of nitrogens with zero attached hydrogens (tertiary/aromatic N) is 2. The number of rotatable bonds is 3. The fourth-order valence-corrected chi connectivity index (χ4v) is 2.72. The zero-order chi connectivity index (χ0) is 14.0. The number of hydrogen-bond acceptors (Lipinski definition) is 3. The zero-order valence-corrected chi connectivity index (χ0v) is 10.9. The number of nitrogens with two attached hydrogens (primary N) is 1. The Morgan fingerprint density at radius 2 is 2.26 bits per heavy atom. The van der Waals surface area contributed by atoms with Crippen LogP contribution in [0.2, 0.25) is 0 Å². The highest BCUT2D eigenvalue weighted by molar-refractivity contribution is 5.11. The van der Waals surface area contributed by atoms with Gasteiger partial charge < -0.3 is 5.73 Å². The summed E-state index contributed by atoms with van der Waals surface area (Å²) in [6.07, 6.45) is -2.22. The van der Waals surface area contributed by atoms with Crippen molar-refractivity contribution in [1.29, 1.82) is 0 Å². The Morgan fingerprint density at radius 3 is 2.84 bits per heavy atom. The Morgan fingerprint density at radius 1 is 1.53 bits per heavy atom. The van der Waals surface area contributed by atoms with E-state index in [1.54, 1.807) is 0 Å². The van der Waals surface area contributed by atoms with Crippen LogP contribution in [0.4, 0.5) is 13.2 Å². The quantitative estimate of drug-likeness (QED) is 0.887. The predicted molar refractivity (Wildman–Crippen MR) is 65.2 cm³/mol. The lowest BCUT2D eigenvalue weighted by Crippen LogP contribution is -2.48. The minimum atomic E-state index is -4.39. The Balaban J connectivity index is 2.05. The van der Waals surface area contributed by atoms with Crippen LogP contribution in [0.3, 0.4) is 0 Å². The van der Waals surface area contributed by atoms with Crippen molar-refractivity contribution in [2.75, 3.05) is 13.1 Å². The van der Waals surface area contributed by atoms with Crippen LogP contribution in [-0.2, 0) is 12.7 Å². The molecule has 0 saturated carbocycles. The molecule has 7 heteroatoms. The molecule has 0 spiro atoms. The second-order valence-electron chi connectivity index (χ2n) is 5.17. The Labute approximate surface area is 110 Å². The molecule has 2 rings (SSSR count). The second kappa shape index (κ2) is 5.50. The first-order valence-electron chi connectivity index (χ1n) is 6.47. The molecule has 1 aliphatic heterocycles. The van der Waals surface area contributed by atoms with Gasteiger partial charge in [-0.1, -0.05) is 6.92 Å². The van der Waals surface area contributed by atoms with Gasteiger partial charge in [0.15, 0.2) is 5.69 Å². The van der Waals surface area contributed by atoms with E-state index in [0.717, 1.165) is 25.5 Å². The summed E-state index contributed by atoms with van der Waals surface area (Å²) < 4.78 is 37.4. The number of piperidine rings is 1. The molecule has 2 unspecified atom stereocenters. The molecule has 19 heavy (non-hydrogen) atoms. The van der Waals surface area contributed by atoms with Crippen LogP contribution in [0.1, 0.15) is 31.2 Å². The van der Waals surface area contributed by atoms with Crippen LogP contribution in [0.15, 0.2) is 6.07 Å². The molecule has 2 atom stereocenters. The second-order valence-corrected chi connectivity index (χ2v) is 5.17. The van der Waals surface area contributed by atoms with Gasteiger partial charge in [-0.25, -0.2) is 0 Å². The van der Waals surface area contributed by atoms with Gasteiger partial charge in [0.05, 0.1) is 0 Å². The van der Waals surface area contributed by atoms with E-state index in [0.29, 0.717) is 24.7 Å². The summed E-state index contributed by atoms with van der Waals surface area (Å²) in [6, 6.07) is 1.30. The number of hydrogen-bond donors (Lipinski definition) is 2. The molecule has 1 aromatic rings. The summed E-state index contributed by atoms with van der Waals surface area (Å²) in [4.78, 5) is 2.14. The van der Waals surface area contributed by atoms with Crippen LogP contribution in [0.25, 0.3) is 0 Å². The number of likely N-dealkylation sites (tertiary alicyclic amines) is 1. The topological polar surface area (TPSA) is 57.9 Å². The normalized spacial score (nSPS) is 25.7. The van der Waals surface area contributed by atoms with Gasteiger partial charge in [0, 0.05) is 24.8 Å². The van der Waals surface area contributed by atoms with Gasteiger partial charge in [-0.2, -0.15) is 18.3 Å². The first-order valence-corrected chi connectivity index (χ1v) is 6.47. The Kier molecular flexibility index (Phi) is 4.15. The molecular weight excluding hydrogens is 257 g/mol. The third-order valence-electron chi connectivity index (χ3n) is 3.77. The lowest BCUT2D eigenvalue weighted by Gasteiger charge is -2.39. The minimum Gasteiger partial charge on any atom is -0.329 e. The number of nitrogens with one attached hydrogen (secondary N) is 1. The molecule has 2 heterocycles. The van der Waals surface area contributed by atoms with Crippen molar-refractivity contribution in [3.63, 3.8) is 0 Å². The molecule has 0 bridgehead atoms. The van der Waals surface area contributed by atoms with Crippen LogP contribution < -0.4 is 5.73 Å². The van der Waals surface area contributed by atoms with E-state index in [1.165, 1.54) is 0 Å². The van der Waals surface area contributed by atoms with Crippen molar-refractivity contribution in [3.05, 3.63) is 17.5 Å². The SMILES string of the molecule is CC1CCCN(Cc2cc(C(F)(F)F)n[nH]2)C1CN. The molecular formula is C12H19F3N4. The first-order chi connectivity index (χ1) is 8.91. The molecule has 0 aliphatic carbocycles. The molecule has 1 aromatic heterocycles. The number of aromatic amines is 1. The highest BCUT2D eigenvalue weighted by Gasteiger charge is 2.34. The largest absolute Gasteiger partial charge is 0.435 e. The highest BCUT2D eigenvalue weighted by atomic mass is 19.4. The average molecular weight is 276 g/mol. The summed E-state index contributed by atoms with van der Waals surface area (Å²) in [5.74, 6) is 0.476. The van der Waals surface area contributed by atoms with Crippen molar-refractivity contribution in [1.82, 2.24) is 15.1 Å². The Bertz CT molecular complexity index is 415. The van der Waals surface area contributed by atoms with Crippen molar-refractivity contribution >= 4 is 0 Å². The molecule has 1 fully saturated rings. The molecule has 3 N–H and O–H groups in total. The molecule has 1 saturated heterocycles. The summed E-state index contributed by atoms with van der Waals surface area (Å²) >= 11 is 0. The Hall–Kier alpha value is -1.08. The maximum absolute atomic E-state index is 12.5. The van der Waals surface area contributed by atoms with E-state index in [2.05, 4.69) is 22.0 Å². The maximum atomic E-state index is 12.5. The van der Waals surface area contributed by atoms with Gasteiger partial charge in [0.1, 0.15) is 0 Å². The van der Waals surface area contributed by atoms with Gasteiger partial charge in [-0.05, 0) is 31.4 Å². The van der Waals surface area contributed by atoms with E-state index in [-0.39, 0.29) is 6.04 Å². The minimum absolute atomic E-state index is 0.228. The van der Waals surface area contributed by atoms with Crippen molar-refractivity contribution in [2.45, 2.75) is 38.5 Å². The van der Waals surface area contributed by atoms with Crippen LogP contribution in [0, 0.1) is 5.92 Å². The third kappa shape index (κ3) is 3.27. The lowest BCUT2D eigenvalue weighted by molar-refractivity contribution is -0.141. The standard InChI is InChI=1S/C12H19F3N4/c1-8-3-2-4-19(10(8)6-16)7-9-5-11(18-17-9)12(13,14)15/h5,8,10H,2-4,6-7,16H2,1H3,(H,17,18). The van der Waals surface area contributed by atoms with Gasteiger partial charge in [-0.3, -0.25) is 10.00 Å². The third-order valence-corrected chi connectivity index (χ3v) is 3.77. The molecule has 0 radical (unpaired) electrons. The van der Waals surface area contributed by atoms with Gasteiger partial charge >= 0.3 is 6.18 Å². The van der Waals surface area contributed by atoms with Crippen LogP contribution >= 0.6 is 0 Å². The van der Waals surface area contributed by atoms with Crippen molar-refractivity contribution in [2.24, 2.45) is 11.7 Å². The summed E-state index contributed by atoms with van der Waals surface area (Å²) in [6.45, 7) is 3.97. The molecule has 0 amide bonds. The van der Waals surface area contributed by atoms with Crippen molar-refractivity contribution in [3.8, 4) is 0 Å². The zero-order valence-electron chi connectivity index (χ0n) is 10.9. The number of alkyl halides is 3. The fraction of sp³-hybridized carbons (Fsp3) is 0.750. The highest BCUT2D eigenvalue weighted by Crippen LogP contribution is 2.29. The van der Waals surface area contributed by atoms with E-state index in [4.69, 9.17) is 5.73 Å². The number of aromatic nitrogens is 2. The predicted octanol–water partition coefficient (Wildman–Crippen LogP) is 1.99. The molecule has 0 aromatic carbocycles.